The Hall–Kier alpha value is -0.190. The second-order valence-corrected chi connectivity index (χ2v) is 6.24. The van der Waals surface area contributed by atoms with Gasteiger partial charge in [-0.3, -0.25) is 4.90 Å². The predicted octanol–water partition coefficient (Wildman–Crippen LogP) is 1.41. The maximum absolute atomic E-state index is 13.3. The van der Waals surface area contributed by atoms with Crippen LogP contribution in [0.4, 0.5) is 4.39 Å². The number of aliphatic hydroxyl groups excluding tert-OH is 1. The number of hydrogen-bond acceptors (Lipinski definition) is 3. The minimum atomic E-state index is -1.03. The fraction of sp³-hybridized carbons (Fsp3) is 1.00. The van der Waals surface area contributed by atoms with E-state index in [1.54, 1.807) is 0 Å². The SMILES string of the molecule is O[C@@H]1CN(C2CCN(C3CCCC3)CC2)C[C@H]1F. The summed E-state index contributed by atoms with van der Waals surface area (Å²) in [5.74, 6) is 0. The van der Waals surface area contributed by atoms with E-state index in [9.17, 15) is 9.50 Å². The van der Waals surface area contributed by atoms with Crippen LogP contribution in [0.3, 0.4) is 0 Å². The molecule has 18 heavy (non-hydrogen) atoms. The molecule has 0 unspecified atom stereocenters. The van der Waals surface area contributed by atoms with Gasteiger partial charge >= 0.3 is 0 Å². The largest absolute Gasteiger partial charge is 0.389 e. The molecule has 3 nitrogen and oxygen atoms in total. The summed E-state index contributed by atoms with van der Waals surface area (Å²) in [6, 6.07) is 1.32. The van der Waals surface area contributed by atoms with E-state index in [-0.39, 0.29) is 0 Å². The molecule has 4 heteroatoms. The van der Waals surface area contributed by atoms with Crippen molar-refractivity contribution in [2.24, 2.45) is 0 Å². The van der Waals surface area contributed by atoms with Gasteiger partial charge < -0.3 is 10.0 Å². The molecule has 3 rings (SSSR count). The maximum Gasteiger partial charge on any atom is 0.140 e. The van der Waals surface area contributed by atoms with Gasteiger partial charge in [0.1, 0.15) is 6.17 Å². The van der Waals surface area contributed by atoms with Gasteiger partial charge in [0.05, 0.1) is 6.10 Å². The monoisotopic (exact) mass is 256 g/mol. The number of nitrogens with zero attached hydrogens (tertiary/aromatic N) is 2. The Morgan fingerprint density at radius 1 is 0.833 bits per heavy atom. The number of piperidine rings is 1. The zero-order valence-corrected chi connectivity index (χ0v) is 11.1. The maximum atomic E-state index is 13.3. The molecule has 2 aliphatic heterocycles. The van der Waals surface area contributed by atoms with E-state index in [0.717, 1.165) is 18.9 Å². The van der Waals surface area contributed by atoms with Gasteiger partial charge in [0.2, 0.25) is 0 Å². The van der Waals surface area contributed by atoms with Crippen molar-refractivity contribution in [2.75, 3.05) is 26.2 Å². The van der Waals surface area contributed by atoms with Crippen molar-refractivity contribution in [2.45, 2.75) is 62.9 Å². The van der Waals surface area contributed by atoms with Crippen molar-refractivity contribution in [3.8, 4) is 0 Å². The van der Waals surface area contributed by atoms with Gasteiger partial charge in [-0.2, -0.15) is 0 Å². The molecular weight excluding hydrogens is 231 g/mol. The van der Waals surface area contributed by atoms with Gasteiger partial charge in [0.15, 0.2) is 0 Å². The molecule has 0 aromatic rings. The summed E-state index contributed by atoms with van der Waals surface area (Å²) in [4.78, 5) is 4.81. The molecule has 0 spiro atoms. The van der Waals surface area contributed by atoms with Gasteiger partial charge in [0, 0.05) is 25.2 Å². The molecule has 3 fully saturated rings. The summed E-state index contributed by atoms with van der Waals surface area (Å²) >= 11 is 0. The molecule has 1 N–H and O–H groups in total. The highest BCUT2D eigenvalue weighted by Crippen LogP contribution is 2.28. The fourth-order valence-corrected chi connectivity index (χ4v) is 3.96. The van der Waals surface area contributed by atoms with Crippen LogP contribution in [0.15, 0.2) is 0 Å². The van der Waals surface area contributed by atoms with Crippen molar-refractivity contribution in [1.82, 2.24) is 9.80 Å². The minimum Gasteiger partial charge on any atom is -0.389 e. The Balaban J connectivity index is 1.48. The summed E-state index contributed by atoms with van der Waals surface area (Å²) in [5.41, 5.74) is 0. The Morgan fingerprint density at radius 3 is 2.00 bits per heavy atom. The number of alkyl halides is 1. The first kappa shape index (κ1) is 12.8. The number of hydrogen-bond donors (Lipinski definition) is 1. The van der Waals surface area contributed by atoms with E-state index >= 15 is 0 Å². The second kappa shape index (κ2) is 5.43. The van der Waals surface area contributed by atoms with Crippen LogP contribution >= 0.6 is 0 Å². The molecule has 104 valence electrons. The van der Waals surface area contributed by atoms with Crippen LogP contribution in [-0.4, -0.2) is 65.4 Å². The van der Waals surface area contributed by atoms with E-state index in [1.807, 2.05) is 0 Å². The molecule has 0 amide bonds. The second-order valence-electron chi connectivity index (χ2n) is 6.24. The lowest BCUT2D eigenvalue weighted by Crippen LogP contribution is -2.47. The average Bonchev–Trinajstić information content (AvgIpc) is 3.01. The van der Waals surface area contributed by atoms with Crippen LogP contribution in [0.5, 0.6) is 0 Å². The molecule has 1 aliphatic carbocycles. The number of halogens is 1. The minimum absolute atomic E-state index is 0.440. The summed E-state index contributed by atoms with van der Waals surface area (Å²) in [7, 11) is 0. The van der Waals surface area contributed by atoms with Crippen molar-refractivity contribution < 1.29 is 9.50 Å². The van der Waals surface area contributed by atoms with Crippen LogP contribution < -0.4 is 0 Å². The lowest BCUT2D eigenvalue weighted by Gasteiger charge is -2.39. The van der Waals surface area contributed by atoms with Crippen LogP contribution in [-0.2, 0) is 0 Å². The molecule has 0 radical (unpaired) electrons. The Labute approximate surface area is 109 Å². The number of rotatable bonds is 2. The van der Waals surface area contributed by atoms with E-state index in [4.69, 9.17) is 0 Å². The van der Waals surface area contributed by atoms with Crippen molar-refractivity contribution in [3.63, 3.8) is 0 Å². The molecule has 0 aromatic carbocycles. The van der Waals surface area contributed by atoms with Gasteiger partial charge in [-0.05, 0) is 38.8 Å². The van der Waals surface area contributed by atoms with E-state index in [2.05, 4.69) is 9.80 Å². The molecule has 0 aromatic heterocycles. The zero-order valence-electron chi connectivity index (χ0n) is 11.1. The Bertz CT molecular complexity index is 265. The van der Waals surface area contributed by atoms with Crippen molar-refractivity contribution in [3.05, 3.63) is 0 Å². The van der Waals surface area contributed by atoms with Crippen LogP contribution in [0.2, 0.25) is 0 Å². The summed E-state index contributed by atoms with van der Waals surface area (Å²) in [5, 5.41) is 9.50. The third kappa shape index (κ3) is 2.56. The van der Waals surface area contributed by atoms with Crippen LogP contribution in [0, 0.1) is 0 Å². The normalized spacial score (nSPS) is 37.7. The zero-order chi connectivity index (χ0) is 12.5. The van der Waals surface area contributed by atoms with Gasteiger partial charge in [-0.25, -0.2) is 4.39 Å². The highest BCUT2D eigenvalue weighted by molar-refractivity contribution is 4.91. The van der Waals surface area contributed by atoms with E-state index in [0.29, 0.717) is 19.1 Å². The first-order valence-corrected chi connectivity index (χ1v) is 7.54. The van der Waals surface area contributed by atoms with Gasteiger partial charge in [0.25, 0.3) is 0 Å². The topological polar surface area (TPSA) is 26.7 Å². The highest BCUT2D eigenvalue weighted by atomic mass is 19.1. The molecular formula is C14H25FN2O. The standard InChI is InChI=1S/C14H25FN2O/c15-13-9-17(10-14(13)18)12-5-7-16(8-6-12)11-3-1-2-4-11/h11-14,18H,1-10H2/t13-,14-/m1/s1. The average molecular weight is 256 g/mol. The van der Waals surface area contributed by atoms with Crippen molar-refractivity contribution in [1.29, 1.82) is 0 Å². The van der Waals surface area contributed by atoms with Gasteiger partial charge in [-0.1, -0.05) is 12.8 Å². The first-order valence-electron chi connectivity index (χ1n) is 7.54. The molecule has 2 heterocycles. The van der Waals surface area contributed by atoms with Crippen molar-refractivity contribution >= 4 is 0 Å². The Kier molecular flexibility index (Phi) is 3.87. The molecule has 2 atom stereocenters. The quantitative estimate of drug-likeness (QED) is 0.809. The van der Waals surface area contributed by atoms with Gasteiger partial charge in [-0.15, -0.1) is 0 Å². The number of aliphatic hydroxyl groups is 1. The summed E-state index contributed by atoms with van der Waals surface area (Å²) in [6.07, 6.45) is 6.06. The smallest absolute Gasteiger partial charge is 0.140 e. The molecule has 1 saturated carbocycles. The first-order chi connectivity index (χ1) is 8.74. The third-order valence-corrected chi connectivity index (χ3v) is 5.10. The summed E-state index contributed by atoms with van der Waals surface area (Å²) in [6.45, 7) is 3.31. The third-order valence-electron chi connectivity index (χ3n) is 5.10. The Morgan fingerprint density at radius 2 is 1.44 bits per heavy atom. The predicted molar refractivity (Wildman–Crippen MR) is 69.3 cm³/mol. The highest BCUT2D eigenvalue weighted by Gasteiger charge is 2.37. The molecule has 3 aliphatic rings. The summed E-state index contributed by atoms with van der Waals surface area (Å²) < 4.78 is 13.3. The lowest BCUT2D eigenvalue weighted by atomic mass is 10.0. The number of β-amino-alcohol motifs (C(OH)–C–C–N with tert-alkyl or cyclic N) is 1. The van der Waals surface area contributed by atoms with E-state index < -0.39 is 12.3 Å². The lowest BCUT2D eigenvalue weighted by molar-refractivity contribution is 0.0866. The van der Waals surface area contributed by atoms with Crippen LogP contribution in [0.25, 0.3) is 0 Å². The molecule has 2 saturated heterocycles. The van der Waals surface area contributed by atoms with Crippen LogP contribution in [0.1, 0.15) is 38.5 Å². The van der Waals surface area contributed by atoms with E-state index in [1.165, 1.54) is 38.8 Å². The number of likely N-dealkylation sites (tertiary alicyclic amines) is 2. The fourth-order valence-electron chi connectivity index (χ4n) is 3.96. The molecule has 0 bridgehead atoms.